The summed E-state index contributed by atoms with van der Waals surface area (Å²) in [5.74, 6) is -0.0791. The van der Waals surface area contributed by atoms with Gasteiger partial charge in [0.25, 0.3) is 0 Å². The molecule has 2 nitrogen and oxygen atoms in total. The molecule has 0 bridgehead atoms. The molecule has 2 aromatic rings. The number of halogens is 3. The van der Waals surface area contributed by atoms with E-state index in [-0.39, 0.29) is 17.6 Å². The largest absolute Gasteiger partial charge is 0.494 e. The summed E-state index contributed by atoms with van der Waals surface area (Å²) in [4.78, 5) is 0. The summed E-state index contributed by atoms with van der Waals surface area (Å²) in [5, 5.41) is 3.17. The molecule has 0 aliphatic heterocycles. The summed E-state index contributed by atoms with van der Waals surface area (Å²) >= 11 is 5.78. The first-order valence-corrected chi connectivity index (χ1v) is 7.90. The van der Waals surface area contributed by atoms with E-state index in [2.05, 4.69) is 43.8 Å². The van der Waals surface area contributed by atoms with Crippen molar-refractivity contribution in [1.29, 1.82) is 0 Å². The van der Waals surface area contributed by atoms with E-state index in [1.165, 1.54) is 7.11 Å². The van der Waals surface area contributed by atoms with Gasteiger partial charge in [-0.1, -0.05) is 28.1 Å². The SMILES string of the molecule is CNC(c1cc(I)ccc1Br)c1cccc(OC)c1F. The summed E-state index contributed by atoms with van der Waals surface area (Å²) in [5.41, 5.74) is 1.56. The second kappa shape index (κ2) is 6.87. The van der Waals surface area contributed by atoms with Crippen LogP contribution in [0, 0.1) is 9.39 Å². The molecule has 1 unspecified atom stereocenters. The standard InChI is InChI=1S/C15H14BrFINO/c1-19-15(11-8-9(18)6-7-12(11)16)10-4-3-5-13(20-2)14(10)17/h3-8,15,19H,1-2H3. The maximum Gasteiger partial charge on any atom is 0.170 e. The van der Waals surface area contributed by atoms with Crippen LogP contribution in [0.25, 0.3) is 0 Å². The number of methoxy groups -OCH3 is 1. The lowest BCUT2D eigenvalue weighted by atomic mass is 9.98. The maximum atomic E-state index is 14.4. The minimum atomic E-state index is -0.333. The average molecular weight is 450 g/mol. The van der Waals surface area contributed by atoms with Crippen LogP contribution >= 0.6 is 38.5 Å². The van der Waals surface area contributed by atoms with Crippen molar-refractivity contribution in [2.75, 3.05) is 14.2 Å². The van der Waals surface area contributed by atoms with Crippen LogP contribution in [0.3, 0.4) is 0 Å². The van der Waals surface area contributed by atoms with E-state index in [9.17, 15) is 4.39 Å². The summed E-state index contributed by atoms with van der Waals surface area (Å²) in [6, 6.07) is 11.0. The van der Waals surface area contributed by atoms with Crippen molar-refractivity contribution in [2.45, 2.75) is 6.04 Å². The first kappa shape index (κ1) is 15.7. The third-order valence-electron chi connectivity index (χ3n) is 3.08. The second-order valence-electron chi connectivity index (χ2n) is 4.25. The van der Waals surface area contributed by atoms with E-state index >= 15 is 0 Å². The Balaban J connectivity index is 2.55. The quantitative estimate of drug-likeness (QED) is 0.693. The minimum absolute atomic E-state index is 0.241. The Morgan fingerprint density at radius 2 is 2.00 bits per heavy atom. The van der Waals surface area contributed by atoms with Crippen molar-refractivity contribution in [3.05, 3.63) is 61.4 Å². The fraction of sp³-hybridized carbons (Fsp3) is 0.200. The van der Waals surface area contributed by atoms with E-state index < -0.39 is 0 Å². The number of nitrogens with one attached hydrogen (secondary N) is 1. The predicted molar refractivity (Wildman–Crippen MR) is 90.7 cm³/mol. The van der Waals surface area contributed by atoms with Gasteiger partial charge in [0.2, 0.25) is 0 Å². The van der Waals surface area contributed by atoms with Crippen LogP contribution in [0.5, 0.6) is 5.75 Å². The Bertz CT molecular complexity index is 621. The number of hydrogen-bond donors (Lipinski definition) is 1. The van der Waals surface area contributed by atoms with Gasteiger partial charge in [-0.25, -0.2) is 4.39 Å². The Morgan fingerprint density at radius 1 is 1.25 bits per heavy atom. The van der Waals surface area contributed by atoms with Crippen LogP contribution in [0.4, 0.5) is 4.39 Å². The van der Waals surface area contributed by atoms with Crippen LogP contribution < -0.4 is 10.1 Å². The van der Waals surface area contributed by atoms with Crippen LogP contribution in [0.15, 0.2) is 40.9 Å². The van der Waals surface area contributed by atoms with Crippen LogP contribution in [-0.2, 0) is 0 Å². The maximum absolute atomic E-state index is 14.4. The monoisotopic (exact) mass is 449 g/mol. The Morgan fingerprint density at radius 3 is 2.65 bits per heavy atom. The molecule has 5 heteroatoms. The van der Waals surface area contributed by atoms with Gasteiger partial charge >= 0.3 is 0 Å². The van der Waals surface area contributed by atoms with E-state index in [0.717, 1.165) is 13.6 Å². The van der Waals surface area contributed by atoms with Crippen molar-refractivity contribution in [1.82, 2.24) is 5.32 Å². The highest BCUT2D eigenvalue weighted by Crippen LogP contribution is 2.33. The van der Waals surface area contributed by atoms with Crippen molar-refractivity contribution in [3.63, 3.8) is 0 Å². The van der Waals surface area contributed by atoms with E-state index in [4.69, 9.17) is 4.74 Å². The van der Waals surface area contributed by atoms with Gasteiger partial charge < -0.3 is 10.1 Å². The lowest BCUT2D eigenvalue weighted by molar-refractivity contribution is 0.382. The molecule has 0 aliphatic carbocycles. The van der Waals surface area contributed by atoms with E-state index in [1.807, 2.05) is 25.2 Å². The molecule has 0 saturated heterocycles. The summed E-state index contributed by atoms with van der Waals surface area (Å²) in [6.45, 7) is 0. The lowest BCUT2D eigenvalue weighted by Gasteiger charge is -2.20. The van der Waals surface area contributed by atoms with E-state index in [0.29, 0.717) is 5.56 Å². The molecular weight excluding hydrogens is 436 g/mol. The smallest absolute Gasteiger partial charge is 0.170 e. The molecule has 0 heterocycles. The van der Waals surface area contributed by atoms with Gasteiger partial charge in [0.05, 0.1) is 13.2 Å². The van der Waals surface area contributed by atoms with Gasteiger partial charge in [0, 0.05) is 13.6 Å². The highest BCUT2D eigenvalue weighted by molar-refractivity contribution is 14.1. The van der Waals surface area contributed by atoms with Crippen LogP contribution in [-0.4, -0.2) is 14.2 Å². The lowest BCUT2D eigenvalue weighted by Crippen LogP contribution is -2.19. The number of hydrogen-bond acceptors (Lipinski definition) is 2. The van der Waals surface area contributed by atoms with Gasteiger partial charge in [0.15, 0.2) is 11.6 Å². The number of rotatable bonds is 4. The molecule has 0 fully saturated rings. The highest BCUT2D eigenvalue weighted by Gasteiger charge is 2.20. The molecular formula is C15H14BrFINO. The van der Waals surface area contributed by atoms with Gasteiger partial charge in [-0.15, -0.1) is 0 Å². The zero-order valence-electron chi connectivity index (χ0n) is 11.1. The van der Waals surface area contributed by atoms with Gasteiger partial charge in [-0.3, -0.25) is 0 Å². The van der Waals surface area contributed by atoms with Gasteiger partial charge in [-0.05, 0) is 59.5 Å². The number of ether oxygens (including phenoxy) is 1. The summed E-state index contributed by atoms with van der Waals surface area (Å²) in [6.07, 6.45) is 0. The molecule has 2 aromatic carbocycles. The zero-order valence-corrected chi connectivity index (χ0v) is 14.8. The topological polar surface area (TPSA) is 21.3 Å². The molecule has 0 saturated carbocycles. The van der Waals surface area contributed by atoms with Crippen molar-refractivity contribution in [2.24, 2.45) is 0 Å². The van der Waals surface area contributed by atoms with Crippen LogP contribution in [0.1, 0.15) is 17.2 Å². The highest BCUT2D eigenvalue weighted by atomic mass is 127. The van der Waals surface area contributed by atoms with Crippen molar-refractivity contribution in [3.8, 4) is 5.75 Å². The molecule has 0 radical (unpaired) electrons. The second-order valence-corrected chi connectivity index (χ2v) is 6.35. The molecule has 2 rings (SSSR count). The Kier molecular flexibility index (Phi) is 5.40. The number of benzene rings is 2. The first-order chi connectivity index (χ1) is 9.58. The predicted octanol–water partition coefficient (Wildman–Crippen LogP) is 4.51. The third-order valence-corrected chi connectivity index (χ3v) is 4.47. The first-order valence-electron chi connectivity index (χ1n) is 6.03. The average Bonchev–Trinajstić information content (AvgIpc) is 2.45. The molecule has 20 heavy (non-hydrogen) atoms. The molecule has 106 valence electrons. The third kappa shape index (κ3) is 3.15. The van der Waals surface area contributed by atoms with Gasteiger partial charge in [0.1, 0.15) is 0 Å². The molecule has 0 aliphatic rings. The van der Waals surface area contributed by atoms with Crippen molar-refractivity contribution < 1.29 is 9.13 Å². The normalized spacial score (nSPS) is 12.2. The zero-order chi connectivity index (χ0) is 14.7. The Hall–Kier alpha value is -0.660. The van der Waals surface area contributed by atoms with Crippen molar-refractivity contribution >= 4 is 38.5 Å². The molecule has 1 N–H and O–H groups in total. The summed E-state index contributed by atoms with van der Waals surface area (Å²) < 4.78 is 21.5. The van der Waals surface area contributed by atoms with Gasteiger partial charge in [-0.2, -0.15) is 0 Å². The van der Waals surface area contributed by atoms with E-state index in [1.54, 1.807) is 18.2 Å². The Labute approximate surface area is 140 Å². The fourth-order valence-corrected chi connectivity index (χ4v) is 3.11. The molecule has 1 atom stereocenters. The molecule has 0 spiro atoms. The fourth-order valence-electron chi connectivity index (χ4n) is 2.12. The van der Waals surface area contributed by atoms with Crippen LogP contribution in [0.2, 0.25) is 0 Å². The minimum Gasteiger partial charge on any atom is -0.494 e. The summed E-state index contributed by atoms with van der Waals surface area (Å²) in [7, 11) is 3.29. The molecule has 0 aromatic heterocycles. The molecule has 0 amide bonds.